The van der Waals surface area contributed by atoms with Gasteiger partial charge in [-0.15, -0.1) is 0 Å². The lowest BCUT2D eigenvalue weighted by atomic mass is 9.84. The Morgan fingerprint density at radius 3 is 2.06 bits per heavy atom. The zero-order valence-electron chi connectivity index (χ0n) is 19.0. The van der Waals surface area contributed by atoms with Gasteiger partial charge in [-0.25, -0.2) is 8.42 Å². The topological polar surface area (TPSA) is 66.8 Å². The molecule has 0 amide bonds. The molecule has 0 unspecified atom stereocenters. The molecule has 0 spiro atoms. The van der Waals surface area contributed by atoms with Gasteiger partial charge in [-0.1, -0.05) is 43.5 Å². The van der Waals surface area contributed by atoms with Crippen molar-refractivity contribution in [2.45, 2.75) is 55.4 Å². The van der Waals surface area contributed by atoms with Crippen molar-refractivity contribution in [3.05, 3.63) is 48.5 Å². The number of hydrogen-bond donors (Lipinski definition) is 1. The van der Waals surface area contributed by atoms with E-state index in [-0.39, 0.29) is 0 Å². The summed E-state index contributed by atoms with van der Waals surface area (Å²) in [6, 6.07) is 15.0. The molecule has 1 aliphatic carbocycles. The lowest BCUT2D eigenvalue weighted by Crippen LogP contribution is -2.47. The predicted octanol–water partition coefficient (Wildman–Crippen LogP) is 4.54. The van der Waals surface area contributed by atoms with Gasteiger partial charge >= 0.3 is 0 Å². The Bertz CT molecular complexity index is 971. The van der Waals surface area contributed by atoms with Crippen molar-refractivity contribution in [2.75, 3.05) is 32.5 Å². The largest absolute Gasteiger partial charge is 0.493 e. The Hall–Kier alpha value is -1.89. The molecule has 2 fully saturated rings. The van der Waals surface area contributed by atoms with E-state index in [1.807, 2.05) is 36.4 Å². The van der Waals surface area contributed by atoms with Crippen molar-refractivity contribution in [1.29, 1.82) is 0 Å². The second-order valence-corrected chi connectivity index (χ2v) is 11.7. The van der Waals surface area contributed by atoms with Crippen LogP contribution in [0.5, 0.6) is 5.75 Å². The van der Waals surface area contributed by atoms with Gasteiger partial charge in [0, 0.05) is 12.8 Å². The molecule has 1 heterocycles. The predicted molar refractivity (Wildman–Crippen MR) is 128 cm³/mol. The Kier molecular flexibility index (Phi) is 7.23. The first kappa shape index (κ1) is 23.3. The summed E-state index contributed by atoms with van der Waals surface area (Å²) in [4.78, 5) is 2.77. The van der Waals surface area contributed by atoms with Crippen LogP contribution in [0.3, 0.4) is 0 Å². The van der Waals surface area contributed by atoms with E-state index in [1.54, 1.807) is 12.1 Å². The maximum atomic E-state index is 11.6. The smallest absolute Gasteiger partial charge is 0.175 e. The van der Waals surface area contributed by atoms with Gasteiger partial charge in [0.1, 0.15) is 5.75 Å². The number of nitrogens with zero attached hydrogens (tertiary/aromatic N) is 1. The third-order valence-electron chi connectivity index (χ3n) is 6.97. The summed E-state index contributed by atoms with van der Waals surface area (Å²) in [5, 5.41) is 10.8. The van der Waals surface area contributed by atoms with Crippen molar-refractivity contribution < 1.29 is 18.3 Å². The first-order valence-electron chi connectivity index (χ1n) is 11.8. The Balaban J connectivity index is 1.23. The molecular formula is C26H35NO4S. The Morgan fingerprint density at radius 1 is 0.938 bits per heavy atom. The van der Waals surface area contributed by atoms with Crippen LogP contribution in [0, 0.1) is 5.92 Å². The maximum Gasteiger partial charge on any atom is 0.175 e. The molecule has 5 nitrogen and oxygen atoms in total. The van der Waals surface area contributed by atoms with Crippen LogP contribution in [0.1, 0.15) is 44.9 Å². The normalized spacial score (nSPS) is 20.2. The van der Waals surface area contributed by atoms with E-state index in [4.69, 9.17) is 4.74 Å². The van der Waals surface area contributed by atoms with Crippen molar-refractivity contribution >= 4 is 9.84 Å². The lowest BCUT2D eigenvalue weighted by Gasteiger charge is -2.40. The van der Waals surface area contributed by atoms with Crippen LogP contribution >= 0.6 is 0 Å². The van der Waals surface area contributed by atoms with Gasteiger partial charge in [0.2, 0.25) is 0 Å². The second-order valence-electron chi connectivity index (χ2n) is 9.64. The van der Waals surface area contributed by atoms with Gasteiger partial charge in [0.15, 0.2) is 9.84 Å². The monoisotopic (exact) mass is 457 g/mol. The highest BCUT2D eigenvalue weighted by Crippen LogP contribution is 2.30. The summed E-state index contributed by atoms with van der Waals surface area (Å²) in [7, 11) is -3.18. The van der Waals surface area contributed by atoms with Crippen LogP contribution in [0.4, 0.5) is 0 Å². The molecule has 1 aliphatic heterocycles. The first-order valence-corrected chi connectivity index (χ1v) is 13.7. The average Bonchev–Trinajstić information content (AvgIpc) is 2.79. The van der Waals surface area contributed by atoms with E-state index in [1.165, 1.54) is 12.7 Å². The van der Waals surface area contributed by atoms with Gasteiger partial charge < -0.3 is 14.7 Å². The molecule has 6 heteroatoms. The molecule has 174 valence electrons. The minimum Gasteiger partial charge on any atom is -0.493 e. The van der Waals surface area contributed by atoms with Crippen molar-refractivity contribution in [3.63, 3.8) is 0 Å². The number of benzene rings is 2. The molecule has 0 aromatic heterocycles. The molecule has 2 aliphatic rings. The molecule has 1 N–H and O–H groups in total. The van der Waals surface area contributed by atoms with Crippen LogP contribution in [-0.2, 0) is 9.84 Å². The van der Waals surface area contributed by atoms with Gasteiger partial charge in [0.25, 0.3) is 0 Å². The lowest BCUT2D eigenvalue weighted by molar-refractivity contribution is -0.0338. The van der Waals surface area contributed by atoms with Crippen molar-refractivity contribution in [3.8, 4) is 16.9 Å². The average molecular weight is 458 g/mol. The summed E-state index contributed by atoms with van der Waals surface area (Å²) in [5.74, 6) is 1.41. The van der Waals surface area contributed by atoms with Crippen LogP contribution in [-0.4, -0.2) is 56.5 Å². The summed E-state index contributed by atoms with van der Waals surface area (Å²) >= 11 is 0. The van der Waals surface area contributed by atoms with Gasteiger partial charge in [-0.05, 0) is 80.1 Å². The third-order valence-corrected chi connectivity index (χ3v) is 8.09. The Morgan fingerprint density at radius 2 is 1.50 bits per heavy atom. The highest BCUT2D eigenvalue weighted by Gasteiger charge is 2.32. The third kappa shape index (κ3) is 6.12. The summed E-state index contributed by atoms with van der Waals surface area (Å²) in [5.41, 5.74) is 1.55. The zero-order chi connectivity index (χ0) is 22.6. The van der Waals surface area contributed by atoms with E-state index in [0.29, 0.717) is 10.8 Å². The van der Waals surface area contributed by atoms with E-state index < -0.39 is 15.4 Å². The molecule has 32 heavy (non-hydrogen) atoms. The van der Waals surface area contributed by atoms with E-state index in [2.05, 4.69) is 4.90 Å². The number of β-amino-alcohol motifs (C(OH)–C–C–N with tert-alkyl or cyclic N) is 1. The maximum absolute atomic E-state index is 11.6. The zero-order valence-corrected chi connectivity index (χ0v) is 19.8. The van der Waals surface area contributed by atoms with Crippen molar-refractivity contribution in [2.24, 2.45) is 5.92 Å². The summed E-state index contributed by atoms with van der Waals surface area (Å²) in [6.07, 6.45) is 8.93. The quantitative estimate of drug-likeness (QED) is 0.661. The molecule has 0 radical (unpaired) electrons. The fourth-order valence-corrected chi connectivity index (χ4v) is 5.58. The molecular weight excluding hydrogens is 422 g/mol. The Labute approximate surface area is 192 Å². The number of hydrogen-bond acceptors (Lipinski definition) is 5. The standard InChI is InChI=1S/C26H35NO4S/c1-32(29,30)25-11-7-23(8-12-25)22-5-9-24(10-6-22)31-19-21-13-17-27(18-14-21)20-26(28)15-3-2-4-16-26/h5-12,21,28H,2-4,13-20H2,1H3. The SMILES string of the molecule is CS(=O)(=O)c1ccc(-c2ccc(OCC3CCN(CC4(O)CCCCC4)CC3)cc2)cc1. The van der Waals surface area contributed by atoms with Crippen LogP contribution < -0.4 is 4.74 Å². The number of rotatable bonds is 7. The van der Waals surface area contributed by atoms with Gasteiger partial charge in [0.05, 0.1) is 17.1 Å². The van der Waals surface area contributed by atoms with Crippen LogP contribution in [0.15, 0.2) is 53.4 Å². The van der Waals surface area contributed by atoms with Gasteiger partial charge in [-0.2, -0.15) is 0 Å². The summed E-state index contributed by atoms with van der Waals surface area (Å²) < 4.78 is 29.3. The fraction of sp³-hybridized carbons (Fsp3) is 0.538. The summed E-state index contributed by atoms with van der Waals surface area (Å²) in [6.45, 7) is 3.63. The van der Waals surface area contributed by atoms with Crippen molar-refractivity contribution in [1.82, 2.24) is 4.90 Å². The minimum absolute atomic E-state index is 0.333. The minimum atomic E-state index is -3.18. The number of sulfone groups is 1. The molecule has 2 aromatic rings. The fourth-order valence-electron chi connectivity index (χ4n) is 4.95. The van der Waals surface area contributed by atoms with Crippen LogP contribution in [0.2, 0.25) is 0 Å². The van der Waals surface area contributed by atoms with E-state index in [0.717, 1.165) is 81.6 Å². The molecule has 0 bridgehead atoms. The van der Waals surface area contributed by atoms with Gasteiger partial charge in [-0.3, -0.25) is 0 Å². The number of piperidine rings is 1. The van der Waals surface area contributed by atoms with E-state index in [9.17, 15) is 13.5 Å². The van der Waals surface area contributed by atoms with Crippen LogP contribution in [0.25, 0.3) is 11.1 Å². The molecule has 0 atom stereocenters. The van der Waals surface area contributed by atoms with E-state index >= 15 is 0 Å². The molecule has 1 saturated heterocycles. The highest BCUT2D eigenvalue weighted by molar-refractivity contribution is 7.90. The molecule has 1 saturated carbocycles. The second kappa shape index (κ2) is 9.94. The molecule has 4 rings (SSSR count). The number of aliphatic hydroxyl groups is 1. The molecule has 2 aromatic carbocycles. The number of ether oxygens (including phenoxy) is 1. The number of likely N-dealkylation sites (tertiary alicyclic amines) is 1. The first-order chi connectivity index (χ1) is 15.3. The highest BCUT2D eigenvalue weighted by atomic mass is 32.2.